The number of anilines is 2. The van der Waals surface area contributed by atoms with Gasteiger partial charge in [-0.05, 0) is 31.4 Å². The van der Waals surface area contributed by atoms with Crippen LogP contribution in [0.4, 0.5) is 11.4 Å². The molecule has 21 heavy (non-hydrogen) atoms. The third-order valence-corrected chi connectivity index (χ3v) is 4.78. The molecule has 2 N–H and O–H groups in total. The van der Waals surface area contributed by atoms with E-state index >= 15 is 0 Å². The highest BCUT2D eigenvalue weighted by Gasteiger charge is 2.18. The summed E-state index contributed by atoms with van der Waals surface area (Å²) in [5.74, 6) is -1.17. The highest BCUT2D eigenvalue weighted by molar-refractivity contribution is 7.92. The second kappa shape index (κ2) is 6.80. The fourth-order valence-corrected chi connectivity index (χ4v) is 3.56. The molecule has 0 atom stereocenters. The summed E-state index contributed by atoms with van der Waals surface area (Å²) in [7, 11) is -3.52. The van der Waals surface area contributed by atoms with Crippen molar-refractivity contribution in [1.29, 1.82) is 0 Å². The van der Waals surface area contributed by atoms with Crippen molar-refractivity contribution in [2.45, 2.75) is 25.7 Å². The Kier molecular flexibility index (Phi) is 5.06. The number of carboxylic acid groups (broad SMARTS) is 1. The molecule has 1 aliphatic heterocycles. The van der Waals surface area contributed by atoms with Crippen molar-refractivity contribution in [1.82, 2.24) is 0 Å². The van der Waals surface area contributed by atoms with Crippen LogP contribution < -0.4 is 9.62 Å². The Labute approximate surface area is 124 Å². The van der Waals surface area contributed by atoms with Gasteiger partial charge in [0.1, 0.15) is 0 Å². The molecule has 1 aromatic rings. The quantitative estimate of drug-likeness (QED) is 0.803. The number of para-hydroxylation sites is 2. The van der Waals surface area contributed by atoms with Crippen LogP contribution in [0.15, 0.2) is 24.3 Å². The zero-order valence-electron chi connectivity index (χ0n) is 11.8. The fraction of sp³-hybridized carbons (Fsp3) is 0.500. The fourth-order valence-electron chi connectivity index (χ4n) is 2.43. The summed E-state index contributed by atoms with van der Waals surface area (Å²) in [6.07, 6.45) is 2.19. The Hall–Kier alpha value is -1.76. The van der Waals surface area contributed by atoms with Gasteiger partial charge in [-0.3, -0.25) is 9.52 Å². The maximum atomic E-state index is 12.0. The molecule has 0 spiro atoms. The predicted molar refractivity (Wildman–Crippen MR) is 82.2 cm³/mol. The maximum Gasteiger partial charge on any atom is 0.303 e. The first kappa shape index (κ1) is 15.6. The molecule has 0 unspecified atom stereocenters. The molecule has 0 saturated carbocycles. The molecule has 1 fully saturated rings. The summed E-state index contributed by atoms with van der Waals surface area (Å²) in [5, 5.41) is 8.57. The minimum absolute atomic E-state index is 0.108. The van der Waals surface area contributed by atoms with Gasteiger partial charge in [0.15, 0.2) is 0 Å². The van der Waals surface area contributed by atoms with E-state index in [1.807, 2.05) is 12.1 Å². The van der Waals surface area contributed by atoms with Crippen LogP contribution in [0.5, 0.6) is 0 Å². The zero-order chi connectivity index (χ0) is 15.3. The number of carboxylic acids is 1. The van der Waals surface area contributed by atoms with Gasteiger partial charge in [0.25, 0.3) is 0 Å². The first-order valence-corrected chi connectivity index (χ1v) is 8.69. The number of sulfonamides is 1. The molecular formula is C14H20N2O4S. The lowest BCUT2D eigenvalue weighted by atomic mass is 10.2. The molecule has 7 heteroatoms. The largest absolute Gasteiger partial charge is 0.481 e. The van der Waals surface area contributed by atoms with E-state index in [9.17, 15) is 13.2 Å². The maximum absolute atomic E-state index is 12.0. The Morgan fingerprint density at radius 2 is 1.90 bits per heavy atom. The van der Waals surface area contributed by atoms with E-state index < -0.39 is 16.0 Å². The molecule has 0 aromatic heterocycles. The Morgan fingerprint density at radius 3 is 2.57 bits per heavy atom. The van der Waals surface area contributed by atoms with E-state index in [0.29, 0.717) is 5.69 Å². The summed E-state index contributed by atoms with van der Waals surface area (Å²) in [5.41, 5.74) is 1.45. The lowest BCUT2D eigenvalue weighted by Crippen LogP contribution is -2.22. The topological polar surface area (TPSA) is 86.7 Å². The van der Waals surface area contributed by atoms with Crippen LogP contribution in [-0.2, 0) is 14.8 Å². The van der Waals surface area contributed by atoms with Crippen molar-refractivity contribution in [2.24, 2.45) is 0 Å². The first-order valence-electron chi connectivity index (χ1n) is 7.04. The van der Waals surface area contributed by atoms with Crippen LogP contribution in [0.1, 0.15) is 25.7 Å². The highest BCUT2D eigenvalue weighted by Crippen LogP contribution is 2.29. The second-order valence-electron chi connectivity index (χ2n) is 5.13. The lowest BCUT2D eigenvalue weighted by Gasteiger charge is -2.21. The van der Waals surface area contributed by atoms with E-state index in [1.165, 1.54) is 0 Å². The monoisotopic (exact) mass is 312 g/mol. The predicted octanol–water partition coefficient (Wildman–Crippen LogP) is 1.89. The van der Waals surface area contributed by atoms with Gasteiger partial charge in [0.05, 0.1) is 17.1 Å². The lowest BCUT2D eigenvalue weighted by molar-refractivity contribution is -0.137. The molecule has 0 bridgehead atoms. The van der Waals surface area contributed by atoms with Crippen molar-refractivity contribution in [2.75, 3.05) is 28.5 Å². The van der Waals surface area contributed by atoms with Crippen LogP contribution >= 0.6 is 0 Å². The number of hydrogen-bond acceptors (Lipinski definition) is 4. The van der Waals surface area contributed by atoms with Crippen LogP contribution in [0.3, 0.4) is 0 Å². The molecule has 1 aromatic carbocycles. The summed E-state index contributed by atoms with van der Waals surface area (Å²) < 4.78 is 26.6. The van der Waals surface area contributed by atoms with Crippen molar-refractivity contribution >= 4 is 27.4 Å². The molecule has 116 valence electrons. The van der Waals surface area contributed by atoms with Gasteiger partial charge in [0.2, 0.25) is 10.0 Å². The van der Waals surface area contributed by atoms with E-state index in [-0.39, 0.29) is 18.6 Å². The molecular weight excluding hydrogens is 292 g/mol. The van der Waals surface area contributed by atoms with Crippen LogP contribution in [0.2, 0.25) is 0 Å². The molecule has 0 amide bonds. The normalized spacial score (nSPS) is 15.1. The number of rotatable bonds is 7. The standard InChI is InChI=1S/C14H20N2O4S/c17-14(18)8-5-11-21(19,20)15-12-6-1-2-7-13(12)16-9-3-4-10-16/h1-2,6-7,15H,3-5,8-11H2,(H,17,18). The third-order valence-electron chi connectivity index (χ3n) is 3.42. The number of nitrogens with one attached hydrogen (secondary N) is 1. The molecule has 1 saturated heterocycles. The number of hydrogen-bond donors (Lipinski definition) is 2. The average Bonchev–Trinajstić information content (AvgIpc) is 2.91. The Balaban J connectivity index is 2.06. The summed E-state index contributed by atoms with van der Waals surface area (Å²) in [4.78, 5) is 12.6. The van der Waals surface area contributed by atoms with Crippen molar-refractivity contribution in [3.8, 4) is 0 Å². The SMILES string of the molecule is O=C(O)CCCS(=O)(=O)Nc1ccccc1N1CCCC1. The Morgan fingerprint density at radius 1 is 1.24 bits per heavy atom. The van der Waals surface area contributed by atoms with Gasteiger partial charge < -0.3 is 10.0 Å². The third kappa shape index (κ3) is 4.63. The number of aliphatic carboxylic acids is 1. The minimum Gasteiger partial charge on any atom is -0.481 e. The first-order chi connectivity index (χ1) is 9.98. The zero-order valence-corrected chi connectivity index (χ0v) is 12.6. The van der Waals surface area contributed by atoms with E-state index in [2.05, 4.69) is 9.62 Å². The van der Waals surface area contributed by atoms with Crippen molar-refractivity contribution in [3.63, 3.8) is 0 Å². The minimum atomic E-state index is -3.52. The molecule has 6 nitrogen and oxygen atoms in total. The number of carbonyl (C=O) groups is 1. The molecule has 0 radical (unpaired) electrons. The summed E-state index contributed by atoms with van der Waals surface area (Å²) >= 11 is 0. The van der Waals surface area contributed by atoms with E-state index in [0.717, 1.165) is 31.6 Å². The average molecular weight is 312 g/mol. The van der Waals surface area contributed by atoms with Gasteiger partial charge in [-0.2, -0.15) is 0 Å². The molecule has 1 heterocycles. The van der Waals surface area contributed by atoms with Gasteiger partial charge in [-0.25, -0.2) is 8.42 Å². The van der Waals surface area contributed by atoms with Crippen LogP contribution in [0, 0.1) is 0 Å². The van der Waals surface area contributed by atoms with E-state index in [1.54, 1.807) is 12.1 Å². The van der Waals surface area contributed by atoms with E-state index in [4.69, 9.17) is 5.11 Å². The molecule has 0 aliphatic carbocycles. The van der Waals surface area contributed by atoms with Crippen LogP contribution in [0.25, 0.3) is 0 Å². The van der Waals surface area contributed by atoms with Gasteiger partial charge in [-0.1, -0.05) is 12.1 Å². The van der Waals surface area contributed by atoms with Crippen molar-refractivity contribution < 1.29 is 18.3 Å². The summed E-state index contributed by atoms with van der Waals surface area (Å²) in [6.45, 7) is 1.86. The number of benzene rings is 1. The Bertz CT molecular complexity index is 595. The van der Waals surface area contributed by atoms with Gasteiger partial charge in [0, 0.05) is 19.5 Å². The molecule has 1 aliphatic rings. The number of nitrogens with zero attached hydrogens (tertiary/aromatic N) is 1. The van der Waals surface area contributed by atoms with Gasteiger partial charge in [-0.15, -0.1) is 0 Å². The second-order valence-corrected chi connectivity index (χ2v) is 6.97. The highest BCUT2D eigenvalue weighted by atomic mass is 32.2. The molecule has 2 rings (SSSR count). The summed E-state index contributed by atoms with van der Waals surface area (Å²) in [6, 6.07) is 7.31. The van der Waals surface area contributed by atoms with Crippen LogP contribution in [-0.4, -0.2) is 38.3 Å². The van der Waals surface area contributed by atoms with Crippen molar-refractivity contribution in [3.05, 3.63) is 24.3 Å². The smallest absolute Gasteiger partial charge is 0.303 e. The van der Waals surface area contributed by atoms with Gasteiger partial charge >= 0.3 is 5.97 Å².